The first-order valence-electron chi connectivity index (χ1n) is 8.77. The Morgan fingerprint density at radius 3 is 2.63 bits per heavy atom. The minimum absolute atomic E-state index is 0.161. The highest BCUT2D eigenvalue weighted by molar-refractivity contribution is 8.18. The summed E-state index contributed by atoms with van der Waals surface area (Å²) in [5.41, 5.74) is 0.560. The van der Waals surface area contributed by atoms with Crippen molar-refractivity contribution in [3.8, 4) is 11.5 Å². The van der Waals surface area contributed by atoms with E-state index >= 15 is 0 Å². The van der Waals surface area contributed by atoms with Crippen molar-refractivity contribution in [1.82, 2.24) is 4.90 Å². The minimum atomic E-state index is -0.653. The molecular formula is C20H17NO7S2. The number of esters is 2. The van der Waals surface area contributed by atoms with Crippen LogP contribution in [0.1, 0.15) is 22.2 Å². The van der Waals surface area contributed by atoms with Gasteiger partial charge in [0.1, 0.15) is 11.4 Å². The number of thiophene rings is 1. The number of benzene rings is 1. The molecule has 3 rings (SSSR count). The average molecular weight is 447 g/mol. The Balaban J connectivity index is 1.77. The number of hydrogen-bond acceptors (Lipinski definition) is 9. The standard InChI is InChI=1S/C20H17NO7S2/c1-3-27-17(22)11-21-18(23)16(30-20(21)25)10-12-6-7-13(14(9-12)26-2)28-19(24)15-5-4-8-29-15/h4-10H,3,11H2,1-2H3/b16-10-. The van der Waals surface area contributed by atoms with E-state index in [0.717, 1.165) is 16.7 Å². The van der Waals surface area contributed by atoms with Crippen molar-refractivity contribution in [2.75, 3.05) is 20.3 Å². The third-order valence-corrected chi connectivity index (χ3v) is 5.63. The van der Waals surface area contributed by atoms with Gasteiger partial charge in [0.2, 0.25) is 0 Å². The normalized spacial score (nSPS) is 14.9. The lowest BCUT2D eigenvalue weighted by Crippen LogP contribution is -2.34. The van der Waals surface area contributed by atoms with Crippen LogP contribution in [0.4, 0.5) is 4.79 Å². The summed E-state index contributed by atoms with van der Waals surface area (Å²) < 4.78 is 15.4. The van der Waals surface area contributed by atoms with Gasteiger partial charge in [-0.05, 0) is 53.9 Å². The molecule has 1 aromatic heterocycles. The molecule has 1 aromatic carbocycles. The molecule has 0 saturated carbocycles. The predicted octanol–water partition coefficient (Wildman–Crippen LogP) is 3.58. The van der Waals surface area contributed by atoms with Gasteiger partial charge in [0.25, 0.3) is 11.1 Å². The third kappa shape index (κ3) is 4.89. The van der Waals surface area contributed by atoms with E-state index in [0.29, 0.717) is 16.2 Å². The number of methoxy groups -OCH3 is 1. The second-order valence-corrected chi connectivity index (χ2v) is 7.79. The molecule has 0 bridgehead atoms. The van der Waals surface area contributed by atoms with Crippen LogP contribution in [-0.4, -0.2) is 48.2 Å². The Hall–Kier alpha value is -3.11. The van der Waals surface area contributed by atoms with Gasteiger partial charge in [-0.3, -0.25) is 19.3 Å². The van der Waals surface area contributed by atoms with Gasteiger partial charge in [-0.2, -0.15) is 0 Å². The molecule has 1 aliphatic rings. The molecule has 0 N–H and O–H groups in total. The maximum atomic E-state index is 12.5. The van der Waals surface area contributed by atoms with Crippen molar-refractivity contribution in [2.45, 2.75) is 6.92 Å². The smallest absolute Gasteiger partial charge is 0.353 e. The topological polar surface area (TPSA) is 99.2 Å². The lowest BCUT2D eigenvalue weighted by molar-refractivity contribution is -0.145. The lowest BCUT2D eigenvalue weighted by atomic mass is 10.2. The van der Waals surface area contributed by atoms with E-state index in [-0.39, 0.29) is 17.3 Å². The fourth-order valence-electron chi connectivity index (χ4n) is 2.53. The summed E-state index contributed by atoms with van der Waals surface area (Å²) in [5.74, 6) is -1.22. The quantitative estimate of drug-likeness (QED) is 0.361. The second-order valence-electron chi connectivity index (χ2n) is 5.85. The zero-order chi connectivity index (χ0) is 21.7. The van der Waals surface area contributed by atoms with Crippen molar-refractivity contribution in [3.05, 3.63) is 51.1 Å². The molecule has 1 fully saturated rings. The number of carbonyl (C=O) groups is 4. The highest BCUT2D eigenvalue weighted by Gasteiger charge is 2.36. The van der Waals surface area contributed by atoms with Gasteiger partial charge < -0.3 is 14.2 Å². The Kier molecular flexibility index (Phi) is 6.91. The average Bonchev–Trinajstić information content (AvgIpc) is 3.34. The van der Waals surface area contributed by atoms with Gasteiger partial charge in [0, 0.05) is 0 Å². The van der Waals surface area contributed by atoms with Gasteiger partial charge in [-0.15, -0.1) is 11.3 Å². The molecule has 1 saturated heterocycles. The van der Waals surface area contributed by atoms with E-state index < -0.39 is 29.6 Å². The van der Waals surface area contributed by atoms with Gasteiger partial charge in [-0.1, -0.05) is 12.1 Å². The second kappa shape index (κ2) is 9.59. The summed E-state index contributed by atoms with van der Waals surface area (Å²) in [6.07, 6.45) is 1.50. The number of rotatable bonds is 7. The zero-order valence-electron chi connectivity index (χ0n) is 16.1. The summed E-state index contributed by atoms with van der Waals surface area (Å²) in [6.45, 7) is 1.37. The van der Waals surface area contributed by atoms with Crippen LogP contribution in [0.3, 0.4) is 0 Å². The summed E-state index contributed by atoms with van der Waals surface area (Å²) in [5, 5.41) is 1.22. The number of amides is 2. The van der Waals surface area contributed by atoms with E-state index in [4.69, 9.17) is 14.2 Å². The van der Waals surface area contributed by atoms with Gasteiger partial charge in [0.05, 0.1) is 18.6 Å². The molecule has 156 valence electrons. The fourth-order valence-corrected chi connectivity index (χ4v) is 3.96. The molecule has 2 amide bonds. The highest BCUT2D eigenvalue weighted by atomic mass is 32.2. The summed E-state index contributed by atoms with van der Waals surface area (Å²) in [6, 6.07) is 8.14. The molecule has 1 aliphatic heterocycles. The molecule has 0 atom stereocenters. The maximum Gasteiger partial charge on any atom is 0.353 e. The summed E-state index contributed by atoms with van der Waals surface area (Å²) in [7, 11) is 1.43. The van der Waals surface area contributed by atoms with Crippen molar-refractivity contribution >= 4 is 52.3 Å². The van der Waals surface area contributed by atoms with Gasteiger partial charge in [-0.25, -0.2) is 4.79 Å². The SMILES string of the molecule is CCOC(=O)CN1C(=O)S/C(=C\c2ccc(OC(=O)c3cccs3)c(OC)c2)C1=O. The fraction of sp³-hybridized carbons (Fsp3) is 0.200. The largest absolute Gasteiger partial charge is 0.493 e. The molecule has 0 aliphatic carbocycles. The third-order valence-electron chi connectivity index (χ3n) is 3.88. The Morgan fingerprint density at radius 1 is 1.17 bits per heavy atom. The molecule has 2 heterocycles. The molecule has 0 unspecified atom stereocenters. The summed E-state index contributed by atoms with van der Waals surface area (Å²) in [4.78, 5) is 49.7. The maximum absolute atomic E-state index is 12.5. The predicted molar refractivity (Wildman–Crippen MR) is 112 cm³/mol. The van der Waals surface area contributed by atoms with Crippen LogP contribution in [0.25, 0.3) is 6.08 Å². The van der Waals surface area contributed by atoms with Crippen LogP contribution in [0.5, 0.6) is 11.5 Å². The number of imide groups is 1. The van der Waals surface area contributed by atoms with Crippen molar-refractivity contribution in [3.63, 3.8) is 0 Å². The summed E-state index contributed by atoms with van der Waals surface area (Å²) >= 11 is 1.99. The van der Waals surface area contributed by atoms with Crippen LogP contribution >= 0.6 is 23.1 Å². The van der Waals surface area contributed by atoms with E-state index in [1.807, 2.05) is 0 Å². The van der Waals surface area contributed by atoms with E-state index in [9.17, 15) is 19.2 Å². The van der Waals surface area contributed by atoms with Crippen LogP contribution in [-0.2, 0) is 14.3 Å². The number of ether oxygens (including phenoxy) is 3. The molecule has 30 heavy (non-hydrogen) atoms. The number of nitrogens with zero attached hydrogens (tertiary/aromatic N) is 1. The molecule has 8 nitrogen and oxygen atoms in total. The van der Waals surface area contributed by atoms with E-state index in [1.54, 1.807) is 42.6 Å². The molecule has 10 heteroatoms. The first-order valence-corrected chi connectivity index (χ1v) is 10.5. The van der Waals surface area contributed by atoms with Crippen molar-refractivity contribution in [1.29, 1.82) is 0 Å². The Labute approximate surface area is 180 Å². The minimum Gasteiger partial charge on any atom is -0.493 e. The number of carbonyl (C=O) groups excluding carboxylic acids is 4. The van der Waals surface area contributed by atoms with Gasteiger partial charge >= 0.3 is 11.9 Å². The first kappa shape index (κ1) is 21.6. The molecule has 2 aromatic rings. The number of hydrogen-bond donors (Lipinski definition) is 0. The highest BCUT2D eigenvalue weighted by Crippen LogP contribution is 2.34. The molecule has 0 radical (unpaired) electrons. The van der Waals surface area contributed by atoms with Crippen LogP contribution in [0.2, 0.25) is 0 Å². The van der Waals surface area contributed by atoms with Crippen LogP contribution < -0.4 is 9.47 Å². The molecular weight excluding hydrogens is 430 g/mol. The van der Waals surface area contributed by atoms with E-state index in [2.05, 4.69) is 0 Å². The zero-order valence-corrected chi connectivity index (χ0v) is 17.7. The lowest BCUT2D eigenvalue weighted by Gasteiger charge is -2.11. The van der Waals surface area contributed by atoms with Crippen LogP contribution in [0, 0.1) is 0 Å². The first-order chi connectivity index (χ1) is 14.4. The monoisotopic (exact) mass is 447 g/mol. The number of thioether (sulfide) groups is 1. The van der Waals surface area contributed by atoms with E-state index in [1.165, 1.54) is 24.5 Å². The van der Waals surface area contributed by atoms with Gasteiger partial charge in [0.15, 0.2) is 11.5 Å². The van der Waals surface area contributed by atoms with Crippen molar-refractivity contribution in [2.24, 2.45) is 0 Å². The van der Waals surface area contributed by atoms with Crippen LogP contribution in [0.15, 0.2) is 40.6 Å². The Morgan fingerprint density at radius 2 is 1.97 bits per heavy atom. The van der Waals surface area contributed by atoms with Crippen molar-refractivity contribution < 1.29 is 33.4 Å². The Bertz CT molecular complexity index is 1010. The molecule has 0 spiro atoms.